The van der Waals surface area contributed by atoms with E-state index in [1.165, 1.54) is 0 Å². The number of hydrogen-bond acceptors (Lipinski definition) is 7. The van der Waals surface area contributed by atoms with E-state index in [9.17, 15) is 5.11 Å². The molecule has 0 aromatic carbocycles. The van der Waals surface area contributed by atoms with Crippen LogP contribution in [0.25, 0.3) is 10.4 Å². The summed E-state index contributed by atoms with van der Waals surface area (Å²) >= 11 is 0. The second kappa shape index (κ2) is 15.9. The number of azide groups is 1. The summed E-state index contributed by atoms with van der Waals surface area (Å²) in [4.78, 5) is 2.97. The number of unbranched alkanes of at least 4 members (excludes halogenated alkanes) is 3. The lowest BCUT2D eigenvalue weighted by atomic mass is 9.90. The van der Waals surface area contributed by atoms with Crippen LogP contribution in [-0.4, -0.2) is 73.9 Å². The minimum Gasteiger partial charge on any atom is -0.390 e. The van der Waals surface area contributed by atoms with E-state index in [4.69, 9.17) is 29.2 Å². The molecule has 1 saturated carbocycles. The van der Waals surface area contributed by atoms with Crippen LogP contribution < -0.4 is 0 Å². The van der Waals surface area contributed by atoms with Crippen molar-refractivity contribution < 1.29 is 28.8 Å². The van der Waals surface area contributed by atoms with Crippen molar-refractivity contribution in [3.63, 3.8) is 0 Å². The van der Waals surface area contributed by atoms with Crippen molar-refractivity contribution in [1.82, 2.24) is 0 Å². The fraction of sp³-hybridized carbons (Fsp3) is 1.00. The molecule has 1 aliphatic heterocycles. The van der Waals surface area contributed by atoms with Gasteiger partial charge in [0.05, 0.1) is 24.4 Å². The van der Waals surface area contributed by atoms with Crippen LogP contribution in [0.3, 0.4) is 0 Å². The second-order valence-electron chi connectivity index (χ2n) is 9.15. The van der Waals surface area contributed by atoms with Gasteiger partial charge in [0, 0.05) is 24.7 Å². The van der Waals surface area contributed by atoms with E-state index in [1.807, 2.05) is 6.92 Å². The SMILES string of the molecule is CCCCOC1C(OCCCC)[C@H](OCCCC)C(C)O[C@H]1O[C@@H]1C(N=[N+]=[N-])CCC[C@H]1O. The van der Waals surface area contributed by atoms with Crippen LogP contribution in [0, 0.1) is 0 Å². The third-order valence-electron chi connectivity index (χ3n) is 6.40. The normalized spacial score (nSPS) is 34.7. The van der Waals surface area contributed by atoms with Crippen LogP contribution in [0.1, 0.15) is 85.5 Å². The van der Waals surface area contributed by atoms with E-state index < -0.39 is 30.6 Å². The predicted molar refractivity (Wildman–Crippen MR) is 126 cm³/mol. The standard InChI is InChI=1S/C24H45N3O6/c1-5-8-14-29-20-17(4)32-24(33-21-18(26-27-25)12-11-13-19(21)28)23(31-16-10-7-3)22(20)30-15-9-6-2/h17-24,28H,5-16H2,1-4H3/t17?,18?,19-,20-,21-,22?,23?,24+/m1/s1. The van der Waals surface area contributed by atoms with Crippen molar-refractivity contribution in [3.8, 4) is 0 Å². The lowest BCUT2D eigenvalue weighted by Crippen LogP contribution is -2.62. The molecule has 1 aliphatic carbocycles. The summed E-state index contributed by atoms with van der Waals surface area (Å²) in [6, 6.07) is -0.438. The molecule has 0 amide bonds. The molecule has 0 spiro atoms. The molecular weight excluding hydrogens is 426 g/mol. The average Bonchev–Trinajstić information content (AvgIpc) is 2.80. The summed E-state index contributed by atoms with van der Waals surface area (Å²) in [5, 5.41) is 14.5. The van der Waals surface area contributed by atoms with Crippen molar-refractivity contribution >= 4 is 0 Å². The monoisotopic (exact) mass is 471 g/mol. The summed E-state index contributed by atoms with van der Waals surface area (Å²) in [5.41, 5.74) is 8.99. The Balaban J connectivity index is 2.25. The Morgan fingerprint density at radius 2 is 1.45 bits per heavy atom. The molecular formula is C24H45N3O6. The lowest BCUT2D eigenvalue weighted by molar-refractivity contribution is -0.331. The quantitative estimate of drug-likeness (QED) is 0.157. The Labute approximate surface area is 199 Å². The van der Waals surface area contributed by atoms with Crippen LogP contribution in [0.4, 0.5) is 0 Å². The Kier molecular flexibility index (Phi) is 13.6. The van der Waals surface area contributed by atoms with E-state index in [-0.39, 0.29) is 18.3 Å². The van der Waals surface area contributed by atoms with Gasteiger partial charge in [-0.05, 0) is 44.6 Å². The van der Waals surface area contributed by atoms with Crippen LogP contribution in [0.2, 0.25) is 0 Å². The maximum absolute atomic E-state index is 10.6. The van der Waals surface area contributed by atoms with Gasteiger partial charge >= 0.3 is 0 Å². The summed E-state index contributed by atoms with van der Waals surface area (Å²) in [7, 11) is 0. The Hall–Kier alpha value is -0.930. The van der Waals surface area contributed by atoms with E-state index in [1.54, 1.807) is 0 Å². The average molecular weight is 472 g/mol. The molecule has 0 aromatic rings. The van der Waals surface area contributed by atoms with Gasteiger partial charge in [-0.3, -0.25) is 0 Å². The first kappa shape index (κ1) is 28.3. The smallest absolute Gasteiger partial charge is 0.187 e. The van der Waals surface area contributed by atoms with Gasteiger partial charge in [0.2, 0.25) is 0 Å². The van der Waals surface area contributed by atoms with Crippen LogP contribution in [0.15, 0.2) is 5.11 Å². The first-order valence-electron chi connectivity index (χ1n) is 12.9. The molecule has 1 heterocycles. The minimum atomic E-state index is -0.747. The summed E-state index contributed by atoms with van der Waals surface area (Å²) in [5.74, 6) is 0. The summed E-state index contributed by atoms with van der Waals surface area (Å²) in [6.45, 7) is 10.1. The van der Waals surface area contributed by atoms with Gasteiger partial charge in [-0.25, -0.2) is 0 Å². The molecule has 0 aromatic heterocycles. The number of ether oxygens (including phenoxy) is 5. The molecule has 0 bridgehead atoms. The molecule has 9 heteroatoms. The fourth-order valence-corrected chi connectivity index (χ4v) is 4.42. The van der Waals surface area contributed by atoms with Crippen molar-refractivity contribution in [2.45, 2.75) is 134 Å². The van der Waals surface area contributed by atoms with Crippen LogP contribution in [-0.2, 0) is 23.7 Å². The molecule has 2 rings (SSSR count). The van der Waals surface area contributed by atoms with Gasteiger partial charge in [0.25, 0.3) is 0 Å². The van der Waals surface area contributed by atoms with E-state index in [0.717, 1.165) is 44.9 Å². The highest BCUT2D eigenvalue weighted by molar-refractivity contribution is 4.94. The van der Waals surface area contributed by atoms with E-state index in [0.29, 0.717) is 32.7 Å². The van der Waals surface area contributed by atoms with Gasteiger partial charge in [-0.15, -0.1) is 0 Å². The van der Waals surface area contributed by atoms with Gasteiger partial charge in [-0.2, -0.15) is 0 Å². The number of rotatable bonds is 15. The molecule has 2 fully saturated rings. The highest BCUT2D eigenvalue weighted by atomic mass is 16.7. The summed E-state index contributed by atoms with van der Waals surface area (Å²) < 4.78 is 31.5. The van der Waals surface area contributed by atoms with Gasteiger partial charge in [0.1, 0.15) is 18.3 Å². The number of nitrogens with zero attached hydrogens (tertiary/aromatic N) is 3. The zero-order chi connectivity index (χ0) is 24.1. The molecule has 2 aliphatic rings. The largest absolute Gasteiger partial charge is 0.390 e. The molecule has 1 saturated heterocycles. The maximum Gasteiger partial charge on any atom is 0.187 e. The van der Waals surface area contributed by atoms with Crippen molar-refractivity contribution in [2.24, 2.45) is 5.11 Å². The van der Waals surface area contributed by atoms with E-state index >= 15 is 0 Å². The third kappa shape index (κ3) is 8.66. The first-order chi connectivity index (χ1) is 16.1. The molecule has 9 nitrogen and oxygen atoms in total. The molecule has 192 valence electrons. The van der Waals surface area contributed by atoms with Crippen LogP contribution in [0.5, 0.6) is 0 Å². The topological polar surface area (TPSA) is 115 Å². The lowest BCUT2D eigenvalue weighted by Gasteiger charge is -2.47. The Bertz CT molecular complexity index is 576. The zero-order valence-corrected chi connectivity index (χ0v) is 20.9. The van der Waals surface area contributed by atoms with Gasteiger partial charge in [-0.1, -0.05) is 51.6 Å². The second-order valence-corrected chi connectivity index (χ2v) is 9.15. The molecule has 4 unspecified atom stereocenters. The molecule has 33 heavy (non-hydrogen) atoms. The Morgan fingerprint density at radius 1 is 0.879 bits per heavy atom. The van der Waals surface area contributed by atoms with E-state index in [2.05, 4.69) is 30.8 Å². The zero-order valence-electron chi connectivity index (χ0n) is 20.9. The Morgan fingerprint density at radius 3 is 2.03 bits per heavy atom. The fourth-order valence-electron chi connectivity index (χ4n) is 4.42. The maximum atomic E-state index is 10.6. The van der Waals surface area contributed by atoms with Crippen molar-refractivity contribution in [2.75, 3.05) is 19.8 Å². The molecule has 0 radical (unpaired) electrons. The predicted octanol–water partition coefficient (Wildman–Crippen LogP) is 4.90. The number of hydrogen-bond donors (Lipinski definition) is 1. The highest BCUT2D eigenvalue weighted by Crippen LogP contribution is 2.33. The molecule has 8 atom stereocenters. The van der Waals surface area contributed by atoms with Crippen molar-refractivity contribution in [1.29, 1.82) is 0 Å². The van der Waals surface area contributed by atoms with Gasteiger partial charge in [0.15, 0.2) is 6.29 Å². The molecule has 1 N–H and O–H groups in total. The highest BCUT2D eigenvalue weighted by Gasteiger charge is 2.49. The minimum absolute atomic E-state index is 0.274. The number of aliphatic hydroxyl groups is 1. The van der Waals surface area contributed by atoms with Gasteiger partial charge < -0.3 is 28.8 Å². The number of aliphatic hydroxyl groups excluding tert-OH is 1. The van der Waals surface area contributed by atoms with Crippen LogP contribution >= 0.6 is 0 Å². The third-order valence-corrected chi connectivity index (χ3v) is 6.40. The van der Waals surface area contributed by atoms with Crippen molar-refractivity contribution in [3.05, 3.63) is 10.4 Å². The first-order valence-corrected chi connectivity index (χ1v) is 12.9. The summed E-state index contributed by atoms with van der Waals surface area (Å²) in [6.07, 6.45) is 4.47.